The number of thiazole rings is 1. The van der Waals surface area contributed by atoms with E-state index in [4.69, 9.17) is 9.88 Å². The molecule has 0 radical (unpaired) electrons. The molecule has 4 heterocycles. The van der Waals surface area contributed by atoms with E-state index < -0.39 is 16.1 Å². The smallest absolute Gasteiger partial charge is 0.265 e. The lowest BCUT2D eigenvalue weighted by Crippen LogP contribution is -2.51. The Balaban J connectivity index is 1.20. The van der Waals surface area contributed by atoms with Crippen molar-refractivity contribution in [3.8, 4) is 5.75 Å². The van der Waals surface area contributed by atoms with E-state index in [9.17, 15) is 13.2 Å². The minimum atomic E-state index is -3.87. The third kappa shape index (κ3) is 5.52. The second-order valence-electron chi connectivity index (χ2n) is 8.42. The molecule has 13 nitrogen and oxygen atoms in total. The summed E-state index contributed by atoms with van der Waals surface area (Å²) in [6, 6.07) is 6.37. The lowest BCUT2D eigenvalue weighted by atomic mass is 10.2. The van der Waals surface area contributed by atoms with E-state index in [0.29, 0.717) is 60.2 Å². The number of fused-ring (bicyclic) bond motifs is 1. The maximum absolute atomic E-state index is 13.3. The second kappa shape index (κ2) is 10.4. The number of rotatable bonds is 8. The third-order valence-electron chi connectivity index (χ3n) is 5.95. The van der Waals surface area contributed by atoms with Gasteiger partial charge in [0.15, 0.2) is 0 Å². The maximum Gasteiger partial charge on any atom is 0.265 e. The molecule has 1 atom stereocenters. The van der Waals surface area contributed by atoms with E-state index >= 15 is 0 Å². The van der Waals surface area contributed by atoms with E-state index in [1.165, 1.54) is 0 Å². The van der Waals surface area contributed by atoms with Gasteiger partial charge in [0.25, 0.3) is 10.0 Å². The average molecular weight is 544 g/mol. The van der Waals surface area contributed by atoms with Crippen LogP contribution in [0, 0.1) is 0 Å². The van der Waals surface area contributed by atoms with Crippen molar-refractivity contribution in [1.29, 1.82) is 0 Å². The summed E-state index contributed by atoms with van der Waals surface area (Å²) in [6.45, 7) is 4.54. The SMILES string of the molecule is CC[C@@H](C(=O)N1CCN(c2ncccn2)CC1)n1cc(COc2ccc3nc(S(N)(=O)=O)sc3c2)nn1. The highest BCUT2D eigenvalue weighted by Crippen LogP contribution is 2.28. The largest absolute Gasteiger partial charge is 0.487 e. The average Bonchev–Trinajstić information content (AvgIpc) is 3.55. The highest BCUT2D eigenvalue weighted by atomic mass is 32.2. The van der Waals surface area contributed by atoms with Crippen molar-refractivity contribution in [2.75, 3.05) is 31.1 Å². The molecule has 194 valence electrons. The molecule has 0 aliphatic carbocycles. The van der Waals surface area contributed by atoms with E-state index in [2.05, 4.69) is 30.2 Å². The van der Waals surface area contributed by atoms with Gasteiger partial charge in [0.2, 0.25) is 16.2 Å². The van der Waals surface area contributed by atoms with Crippen LogP contribution in [-0.4, -0.2) is 75.3 Å². The minimum absolute atomic E-state index is 0.00481. The van der Waals surface area contributed by atoms with Crippen LogP contribution >= 0.6 is 11.3 Å². The molecule has 0 unspecified atom stereocenters. The van der Waals surface area contributed by atoms with Crippen LogP contribution in [0.2, 0.25) is 0 Å². The molecule has 0 bridgehead atoms. The number of benzene rings is 1. The summed E-state index contributed by atoms with van der Waals surface area (Å²) in [5.74, 6) is 1.19. The zero-order valence-corrected chi connectivity index (χ0v) is 21.6. The summed E-state index contributed by atoms with van der Waals surface area (Å²) in [4.78, 5) is 29.8. The van der Waals surface area contributed by atoms with Gasteiger partial charge in [-0.2, -0.15) is 0 Å². The first kappa shape index (κ1) is 25.0. The first-order valence-corrected chi connectivity index (χ1v) is 14.0. The normalized spacial score (nSPS) is 15.2. The number of nitrogens with two attached hydrogens (primary N) is 1. The van der Waals surface area contributed by atoms with Crippen molar-refractivity contribution in [3.05, 3.63) is 48.5 Å². The summed E-state index contributed by atoms with van der Waals surface area (Å²) >= 11 is 0.978. The van der Waals surface area contributed by atoms with Crippen molar-refractivity contribution in [2.24, 2.45) is 5.14 Å². The molecule has 0 saturated carbocycles. The van der Waals surface area contributed by atoms with Gasteiger partial charge in [-0.3, -0.25) is 4.79 Å². The number of primary sulfonamides is 1. The molecule has 2 N–H and O–H groups in total. The van der Waals surface area contributed by atoms with Crippen molar-refractivity contribution < 1.29 is 17.9 Å². The molecular weight excluding hydrogens is 518 g/mol. The fraction of sp³-hybridized carbons (Fsp3) is 0.364. The molecule has 0 spiro atoms. The Hall–Kier alpha value is -3.69. The van der Waals surface area contributed by atoms with Gasteiger partial charge in [-0.1, -0.05) is 12.1 Å². The molecule has 1 aromatic carbocycles. The number of hydrogen-bond donors (Lipinski definition) is 1. The third-order valence-corrected chi connectivity index (χ3v) is 8.28. The zero-order valence-electron chi connectivity index (χ0n) is 20.0. The van der Waals surface area contributed by atoms with Gasteiger partial charge in [0.05, 0.1) is 16.4 Å². The van der Waals surface area contributed by atoms with E-state index in [-0.39, 0.29) is 16.9 Å². The highest BCUT2D eigenvalue weighted by Gasteiger charge is 2.29. The van der Waals surface area contributed by atoms with Crippen molar-refractivity contribution >= 4 is 43.4 Å². The molecule has 1 amide bonds. The van der Waals surface area contributed by atoms with Crippen molar-refractivity contribution in [2.45, 2.75) is 30.3 Å². The van der Waals surface area contributed by atoms with Gasteiger partial charge in [-0.25, -0.2) is 33.2 Å². The Morgan fingerprint density at radius 2 is 1.95 bits per heavy atom. The number of carbonyl (C=O) groups is 1. The van der Waals surface area contributed by atoms with Crippen LogP contribution in [-0.2, 0) is 21.4 Å². The Morgan fingerprint density at radius 1 is 1.19 bits per heavy atom. The molecule has 4 aromatic rings. The lowest BCUT2D eigenvalue weighted by Gasteiger charge is -2.36. The maximum atomic E-state index is 13.3. The van der Waals surface area contributed by atoms with Crippen molar-refractivity contribution in [3.63, 3.8) is 0 Å². The van der Waals surface area contributed by atoms with Crippen LogP contribution in [0.1, 0.15) is 25.1 Å². The molecule has 1 aliphatic heterocycles. The number of hydrogen-bond acceptors (Lipinski definition) is 11. The van der Waals surface area contributed by atoms with Gasteiger partial charge in [0.1, 0.15) is 24.1 Å². The van der Waals surface area contributed by atoms with Gasteiger partial charge < -0.3 is 14.5 Å². The summed E-state index contributed by atoms with van der Waals surface area (Å²) < 4.78 is 31.0. The lowest BCUT2D eigenvalue weighted by molar-refractivity contribution is -0.135. The highest BCUT2D eigenvalue weighted by molar-refractivity contribution is 7.91. The second-order valence-corrected chi connectivity index (χ2v) is 11.2. The van der Waals surface area contributed by atoms with E-state index in [1.807, 2.05) is 11.8 Å². The van der Waals surface area contributed by atoms with Crippen molar-refractivity contribution in [1.82, 2.24) is 34.8 Å². The number of aromatic nitrogens is 6. The number of carbonyl (C=O) groups excluding carboxylic acids is 1. The summed E-state index contributed by atoms with van der Waals surface area (Å²) in [6.07, 6.45) is 5.70. The monoisotopic (exact) mass is 543 g/mol. The van der Waals surface area contributed by atoms with Crippen LogP contribution in [0.15, 0.2) is 47.2 Å². The van der Waals surface area contributed by atoms with Gasteiger partial charge >= 0.3 is 0 Å². The number of sulfonamides is 1. The van der Waals surface area contributed by atoms with Gasteiger partial charge in [-0.05, 0) is 30.7 Å². The molecule has 37 heavy (non-hydrogen) atoms. The predicted molar refractivity (Wildman–Crippen MR) is 136 cm³/mol. The number of piperazine rings is 1. The molecule has 15 heteroatoms. The summed E-state index contributed by atoms with van der Waals surface area (Å²) in [5.41, 5.74) is 1.08. The van der Waals surface area contributed by atoms with Crippen LogP contribution < -0.4 is 14.8 Å². The van der Waals surface area contributed by atoms with Crippen LogP contribution in [0.5, 0.6) is 5.75 Å². The summed E-state index contributed by atoms with van der Waals surface area (Å²) in [7, 11) is -3.87. The van der Waals surface area contributed by atoms with E-state index in [1.54, 1.807) is 47.5 Å². The Labute approximate surface area is 216 Å². The van der Waals surface area contributed by atoms with Crippen LogP contribution in [0.4, 0.5) is 5.95 Å². The fourth-order valence-electron chi connectivity index (χ4n) is 4.05. The summed E-state index contributed by atoms with van der Waals surface area (Å²) in [5, 5.41) is 13.5. The predicted octanol–water partition coefficient (Wildman–Crippen LogP) is 1.20. The molecule has 1 aliphatic rings. The Bertz CT molecular complexity index is 1500. The standard InChI is InChI=1S/C22H25N9O4S2/c1-2-18(20(32)29-8-10-30(11-9-29)21-24-6-3-7-25-21)31-13-15(27-28-31)14-35-16-4-5-17-19(12-16)36-22(26-17)37(23,33)34/h3-7,12-13,18H,2,8-11,14H2,1H3,(H2,23,33,34)/t18-/m0/s1. The van der Waals surface area contributed by atoms with Crippen LogP contribution in [0.25, 0.3) is 10.2 Å². The first-order valence-electron chi connectivity index (χ1n) is 11.6. The number of ether oxygens (including phenoxy) is 1. The van der Waals surface area contributed by atoms with E-state index in [0.717, 1.165) is 11.3 Å². The quantitative estimate of drug-likeness (QED) is 0.342. The van der Waals surface area contributed by atoms with Gasteiger partial charge in [0, 0.05) is 38.6 Å². The Morgan fingerprint density at radius 3 is 2.65 bits per heavy atom. The topological polar surface area (TPSA) is 162 Å². The number of anilines is 1. The number of nitrogens with zero attached hydrogens (tertiary/aromatic N) is 8. The molecule has 5 rings (SSSR count). The molecule has 3 aromatic heterocycles. The Kier molecular flexibility index (Phi) is 6.99. The van der Waals surface area contributed by atoms with Crippen LogP contribution in [0.3, 0.4) is 0 Å². The zero-order chi connectivity index (χ0) is 26.0. The molecule has 1 fully saturated rings. The van der Waals surface area contributed by atoms with Gasteiger partial charge in [-0.15, -0.1) is 16.4 Å². The molecular formula is C22H25N9O4S2. The number of amides is 1. The molecule has 1 saturated heterocycles. The fourth-order valence-corrected chi connectivity index (χ4v) is 5.74. The first-order chi connectivity index (χ1) is 17.8. The minimum Gasteiger partial charge on any atom is -0.487 e.